The summed E-state index contributed by atoms with van der Waals surface area (Å²) in [7, 11) is 0. The van der Waals surface area contributed by atoms with E-state index in [0.29, 0.717) is 13.1 Å². The first-order chi connectivity index (χ1) is 6.06. The van der Waals surface area contributed by atoms with Crippen LogP contribution in [0.3, 0.4) is 0 Å². The van der Waals surface area contributed by atoms with Gasteiger partial charge in [0.2, 0.25) is 0 Å². The molecule has 0 aromatic rings. The number of rotatable bonds is 4. The molecule has 0 atom stereocenters. The molecule has 0 rings (SSSR count). The van der Waals surface area contributed by atoms with Crippen molar-refractivity contribution in [2.75, 3.05) is 26.2 Å². The Morgan fingerprint density at radius 2 is 1.64 bits per heavy atom. The summed E-state index contributed by atoms with van der Waals surface area (Å²) < 4.78 is 0. The van der Waals surface area contributed by atoms with Crippen LogP contribution in [0.4, 0.5) is 0 Å². The molecule has 0 spiro atoms. The Morgan fingerprint density at radius 1 is 1.21 bits per heavy atom. The normalized spacial score (nSPS) is 7.86. The van der Waals surface area contributed by atoms with Crippen LogP contribution < -0.4 is 21.3 Å². The van der Waals surface area contributed by atoms with Gasteiger partial charge in [-0.15, -0.1) is 0 Å². The number of aliphatic hydroxyl groups is 1. The summed E-state index contributed by atoms with van der Waals surface area (Å²) in [6.07, 6.45) is 0. The molecule has 0 saturated heterocycles. The summed E-state index contributed by atoms with van der Waals surface area (Å²) in [5.41, 5.74) is 5.13. The second-order valence-corrected chi connectivity index (χ2v) is 1.84. The van der Waals surface area contributed by atoms with Gasteiger partial charge in [0, 0.05) is 19.6 Å². The van der Waals surface area contributed by atoms with E-state index in [-0.39, 0.29) is 23.7 Å². The minimum absolute atomic E-state index is 0. The largest absolute Gasteiger partial charge is 2.00 e. The molecule has 0 amide bonds. The molecule has 0 aromatic heterocycles. The van der Waals surface area contributed by atoms with Crippen molar-refractivity contribution in [3.8, 4) is 0 Å². The average Bonchev–Trinajstić information content (AvgIpc) is 2.06. The van der Waals surface area contributed by atoms with Crippen molar-refractivity contribution in [1.29, 1.82) is 0 Å². The fraction of sp³-hybridized carbons (Fsp3) is 0.667. The van der Waals surface area contributed by atoms with Gasteiger partial charge in [-0.05, 0) is 0 Å². The second-order valence-electron chi connectivity index (χ2n) is 1.84. The zero-order valence-corrected chi connectivity index (χ0v) is 8.23. The molecule has 7 nitrogen and oxygen atoms in total. The van der Waals surface area contributed by atoms with E-state index in [2.05, 4.69) is 5.32 Å². The van der Waals surface area contributed by atoms with Crippen LogP contribution in [0, 0.1) is 0 Å². The predicted octanol–water partition coefficient (Wildman–Crippen LogP) is -4.99. The fourth-order valence-corrected chi connectivity index (χ4v) is 0.306. The van der Waals surface area contributed by atoms with Crippen molar-refractivity contribution in [2.45, 2.75) is 0 Å². The molecule has 0 aliphatic heterocycles. The van der Waals surface area contributed by atoms with Crippen LogP contribution in [-0.2, 0) is 26.7 Å². The average molecular weight is 256 g/mol. The number of aliphatic carboxylic acids is 2. The Labute approximate surface area is 91.8 Å². The summed E-state index contributed by atoms with van der Waals surface area (Å²) in [5, 5.41) is 29.0. The van der Waals surface area contributed by atoms with Gasteiger partial charge in [0.1, 0.15) is 0 Å². The summed E-state index contributed by atoms with van der Waals surface area (Å²) in [6.45, 7) is 2.28. The zero-order chi connectivity index (χ0) is 10.7. The Hall–Kier alpha value is -0.661. The first-order valence-electron chi connectivity index (χ1n) is 3.50. The monoisotopic (exact) mass is 255 g/mol. The third-order valence-electron chi connectivity index (χ3n) is 0.776. The molecule has 0 aliphatic rings. The van der Waals surface area contributed by atoms with E-state index in [1.165, 1.54) is 0 Å². The van der Waals surface area contributed by atoms with Crippen molar-refractivity contribution in [3.63, 3.8) is 0 Å². The van der Waals surface area contributed by atoms with Crippen LogP contribution in [0.5, 0.6) is 0 Å². The van der Waals surface area contributed by atoms with Crippen molar-refractivity contribution in [1.82, 2.24) is 5.32 Å². The number of aliphatic hydroxyl groups excluding tert-OH is 1. The van der Waals surface area contributed by atoms with Crippen LogP contribution in [-0.4, -0.2) is 43.3 Å². The Balaban J connectivity index is -0.000000163. The summed E-state index contributed by atoms with van der Waals surface area (Å²) in [6, 6.07) is 0. The molecular weight excluding hydrogens is 244 g/mol. The number of nitrogens with one attached hydrogen (secondary N) is 1. The second kappa shape index (κ2) is 14.8. The van der Waals surface area contributed by atoms with Crippen molar-refractivity contribution in [3.05, 3.63) is 0 Å². The molecule has 0 heterocycles. The van der Waals surface area contributed by atoms with E-state index in [0.717, 1.165) is 6.54 Å². The molecular formula is C6H12CuN2O5. The Kier molecular flexibility index (Phi) is 20.1. The molecule has 0 aliphatic carbocycles. The maximum Gasteiger partial charge on any atom is 2.00 e. The number of carbonyl (C=O) groups is 2. The van der Waals surface area contributed by atoms with Crippen LogP contribution >= 0.6 is 0 Å². The van der Waals surface area contributed by atoms with Gasteiger partial charge in [0.05, 0.1) is 18.5 Å². The standard InChI is InChI=1S/C4H12N2O.C2H2O4.Cu/c5-1-2-6-3-4-7;3-1(4)2(5)6;/h6-7H,1-5H2;(H,3,4)(H,5,6);/q;;+2/p-2. The smallest absolute Gasteiger partial charge is 0.543 e. The maximum absolute atomic E-state index is 8.93. The van der Waals surface area contributed by atoms with E-state index in [4.69, 9.17) is 30.6 Å². The Bertz CT molecular complexity index is 139. The molecule has 8 heteroatoms. The number of carboxylic acids is 2. The predicted molar refractivity (Wildman–Crippen MR) is 39.0 cm³/mol. The van der Waals surface area contributed by atoms with Crippen molar-refractivity contribution in [2.24, 2.45) is 5.73 Å². The summed E-state index contributed by atoms with van der Waals surface area (Å²) in [5.74, 6) is -4.37. The first kappa shape index (κ1) is 19.0. The van der Waals surface area contributed by atoms with E-state index in [9.17, 15) is 0 Å². The topological polar surface area (TPSA) is 139 Å². The molecule has 0 aromatic carbocycles. The van der Waals surface area contributed by atoms with Gasteiger partial charge < -0.3 is 36.0 Å². The molecule has 0 bridgehead atoms. The van der Waals surface area contributed by atoms with Crippen LogP contribution in [0.25, 0.3) is 0 Å². The fourth-order valence-electron chi connectivity index (χ4n) is 0.306. The molecule has 0 saturated carbocycles. The molecule has 0 unspecified atom stereocenters. The summed E-state index contributed by atoms with van der Waals surface area (Å²) in [4.78, 5) is 17.9. The quantitative estimate of drug-likeness (QED) is 0.260. The van der Waals surface area contributed by atoms with Gasteiger partial charge in [-0.2, -0.15) is 0 Å². The van der Waals surface area contributed by atoms with Crippen LogP contribution in [0.15, 0.2) is 0 Å². The molecule has 14 heavy (non-hydrogen) atoms. The zero-order valence-electron chi connectivity index (χ0n) is 7.29. The van der Waals surface area contributed by atoms with Gasteiger partial charge in [0.25, 0.3) is 0 Å². The van der Waals surface area contributed by atoms with E-state index < -0.39 is 11.9 Å². The van der Waals surface area contributed by atoms with Gasteiger partial charge in [-0.1, -0.05) is 0 Å². The molecule has 87 valence electrons. The SMILES string of the molecule is NCCNCCO.O=C([O-])C(=O)[O-].[Cu+2]. The third kappa shape index (κ3) is 22.5. The number of hydrogen-bond acceptors (Lipinski definition) is 7. The van der Waals surface area contributed by atoms with Crippen LogP contribution in [0.1, 0.15) is 0 Å². The number of carboxylic acid groups (broad SMARTS) is 2. The number of carbonyl (C=O) groups excluding carboxylic acids is 2. The van der Waals surface area contributed by atoms with Gasteiger partial charge in [-0.25, -0.2) is 0 Å². The molecule has 0 fully saturated rings. The Morgan fingerprint density at radius 3 is 1.86 bits per heavy atom. The minimum Gasteiger partial charge on any atom is -0.543 e. The number of hydrogen-bond donors (Lipinski definition) is 3. The van der Waals surface area contributed by atoms with Crippen LogP contribution in [0.2, 0.25) is 0 Å². The van der Waals surface area contributed by atoms with E-state index >= 15 is 0 Å². The van der Waals surface area contributed by atoms with Gasteiger partial charge >= 0.3 is 17.1 Å². The van der Waals surface area contributed by atoms with Crippen molar-refractivity contribution < 1.29 is 42.0 Å². The number of nitrogens with two attached hydrogens (primary N) is 1. The third-order valence-corrected chi connectivity index (χ3v) is 0.776. The van der Waals surface area contributed by atoms with E-state index in [1.807, 2.05) is 0 Å². The maximum atomic E-state index is 8.93. The van der Waals surface area contributed by atoms with Gasteiger partial charge in [-0.3, -0.25) is 0 Å². The van der Waals surface area contributed by atoms with Crippen molar-refractivity contribution >= 4 is 11.9 Å². The molecule has 1 radical (unpaired) electrons. The van der Waals surface area contributed by atoms with E-state index in [1.54, 1.807) is 0 Å². The minimum atomic E-state index is -2.19. The summed E-state index contributed by atoms with van der Waals surface area (Å²) >= 11 is 0. The van der Waals surface area contributed by atoms with Gasteiger partial charge in [0.15, 0.2) is 0 Å². The molecule has 4 N–H and O–H groups in total. The first-order valence-corrected chi connectivity index (χ1v) is 3.50.